The van der Waals surface area contributed by atoms with Crippen LogP contribution in [0.3, 0.4) is 0 Å². The second kappa shape index (κ2) is 11.3. The van der Waals surface area contributed by atoms with E-state index in [-0.39, 0.29) is 0 Å². The van der Waals surface area contributed by atoms with Crippen molar-refractivity contribution in [3.8, 4) is 56.4 Å². The minimum Gasteiger partial charge on any atom is -0.456 e. The van der Waals surface area contributed by atoms with E-state index in [0.29, 0.717) is 17.5 Å². The molecule has 0 fully saturated rings. The fraction of sp³-hybridized carbons (Fsp3) is 0.0465. The number of benzene rings is 6. The van der Waals surface area contributed by atoms with Gasteiger partial charge in [-0.2, -0.15) is 0 Å². The van der Waals surface area contributed by atoms with E-state index in [9.17, 15) is 0 Å². The molecule has 0 bridgehead atoms. The quantitative estimate of drug-likeness (QED) is 0.196. The maximum atomic E-state index is 6.44. The van der Waals surface area contributed by atoms with Gasteiger partial charge in [-0.05, 0) is 64.4 Å². The predicted molar refractivity (Wildman–Crippen MR) is 192 cm³/mol. The van der Waals surface area contributed by atoms with E-state index >= 15 is 0 Å². The number of hydrogen-bond acceptors (Lipinski definition) is 4. The van der Waals surface area contributed by atoms with E-state index in [1.807, 2.05) is 72.8 Å². The fourth-order valence-corrected chi connectivity index (χ4v) is 6.87. The van der Waals surface area contributed by atoms with Gasteiger partial charge < -0.3 is 4.42 Å². The van der Waals surface area contributed by atoms with E-state index in [0.717, 1.165) is 62.6 Å². The third kappa shape index (κ3) is 4.74. The molecule has 0 saturated heterocycles. The topological polar surface area (TPSA) is 51.8 Å². The normalized spacial score (nSPS) is 12.4. The Morgan fingerprint density at radius 1 is 0.468 bits per heavy atom. The minimum atomic E-state index is 0.616. The van der Waals surface area contributed by atoms with Gasteiger partial charge in [0.05, 0.1) is 0 Å². The molecule has 9 rings (SSSR count). The SMILES string of the molecule is C1=Cc2c(-c3ccc4oc5ccccc5c4c3-c3nc(-c4ccccc4)nc(-c4ccccc4)n3)ccc(-c3ccccc3)c2CC1. The molecule has 0 atom stereocenters. The zero-order valence-corrected chi connectivity index (χ0v) is 25.6. The summed E-state index contributed by atoms with van der Waals surface area (Å²) in [4.78, 5) is 15.4. The number of rotatable bonds is 5. The van der Waals surface area contributed by atoms with E-state index in [1.165, 1.54) is 22.3 Å². The van der Waals surface area contributed by atoms with Gasteiger partial charge in [-0.1, -0.05) is 133 Å². The van der Waals surface area contributed by atoms with Crippen LogP contribution in [0.25, 0.3) is 84.4 Å². The first-order valence-corrected chi connectivity index (χ1v) is 16.0. The number of furan rings is 1. The van der Waals surface area contributed by atoms with Gasteiger partial charge in [-0.25, -0.2) is 15.0 Å². The number of fused-ring (bicyclic) bond motifs is 4. The molecule has 222 valence electrons. The molecule has 4 nitrogen and oxygen atoms in total. The van der Waals surface area contributed by atoms with Crippen molar-refractivity contribution in [2.24, 2.45) is 0 Å². The third-order valence-corrected chi connectivity index (χ3v) is 9.04. The predicted octanol–water partition coefficient (Wildman–Crippen LogP) is 11.1. The van der Waals surface area contributed by atoms with Crippen molar-refractivity contribution in [1.82, 2.24) is 15.0 Å². The first kappa shape index (κ1) is 27.2. The van der Waals surface area contributed by atoms with Crippen LogP contribution in [0.15, 0.2) is 150 Å². The number of para-hydroxylation sites is 1. The van der Waals surface area contributed by atoms with E-state index in [4.69, 9.17) is 19.4 Å². The van der Waals surface area contributed by atoms with Crippen LogP contribution in [-0.2, 0) is 6.42 Å². The lowest BCUT2D eigenvalue weighted by atomic mass is 9.83. The van der Waals surface area contributed by atoms with Crippen molar-refractivity contribution < 1.29 is 4.42 Å². The zero-order chi connectivity index (χ0) is 31.2. The van der Waals surface area contributed by atoms with E-state index in [1.54, 1.807) is 0 Å². The Balaban J connectivity index is 1.38. The number of allylic oxidation sites excluding steroid dienone is 1. The summed E-state index contributed by atoms with van der Waals surface area (Å²) in [7, 11) is 0. The van der Waals surface area contributed by atoms with Crippen LogP contribution in [0.5, 0.6) is 0 Å². The van der Waals surface area contributed by atoms with Crippen molar-refractivity contribution in [1.29, 1.82) is 0 Å². The average molecular weight is 604 g/mol. The first-order chi connectivity index (χ1) is 23.3. The Bertz CT molecular complexity index is 2390. The summed E-state index contributed by atoms with van der Waals surface area (Å²) in [5, 5.41) is 2.04. The van der Waals surface area contributed by atoms with Crippen LogP contribution >= 0.6 is 0 Å². The highest BCUT2D eigenvalue weighted by atomic mass is 16.3. The van der Waals surface area contributed by atoms with Gasteiger partial charge in [-0.3, -0.25) is 0 Å². The summed E-state index contributed by atoms with van der Waals surface area (Å²) in [5.41, 5.74) is 11.8. The van der Waals surface area contributed by atoms with Gasteiger partial charge in [0.15, 0.2) is 17.5 Å². The molecule has 4 heteroatoms. The molecule has 1 aliphatic carbocycles. The van der Waals surface area contributed by atoms with Crippen LogP contribution in [0.1, 0.15) is 17.5 Å². The molecular formula is C43H29N3O. The number of hydrogen-bond donors (Lipinski definition) is 0. The summed E-state index contributed by atoms with van der Waals surface area (Å²) >= 11 is 0. The molecule has 2 heterocycles. The average Bonchev–Trinajstić information content (AvgIpc) is 3.54. The smallest absolute Gasteiger partial charge is 0.165 e. The lowest BCUT2D eigenvalue weighted by Gasteiger charge is -2.21. The van der Waals surface area contributed by atoms with Gasteiger partial charge in [0.25, 0.3) is 0 Å². The third-order valence-electron chi connectivity index (χ3n) is 9.04. The molecule has 47 heavy (non-hydrogen) atoms. The van der Waals surface area contributed by atoms with Crippen LogP contribution in [-0.4, -0.2) is 15.0 Å². The Labute approximate surface area is 272 Å². The summed E-state index contributed by atoms with van der Waals surface area (Å²) in [6.45, 7) is 0. The molecule has 0 radical (unpaired) electrons. The molecule has 6 aromatic carbocycles. The lowest BCUT2D eigenvalue weighted by molar-refractivity contribution is 0.669. The standard InChI is InChI=1S/C43H29N3O/c1-4-14-28(15-5-1)31-24-25-34(33-21-11-10-20-32(31)33)35-26-27-38-39(36-22-12-13-23-37(36)47-38)40(35)43-45-41(29-16-6-2-7-17-29)44-42(46-43)30-18-8-3-9-19-30/h1-9,11-19,21-27H,10,20H2. The second-order valence-corrected chi connectivity index (χ2v) is 11.9. The van der Waals surface area contributed by atoms with Gasteiger partial charge in [0, 0.05) is 27.5 Å². The maximum absolute atomic E-state index is 6.44. The monoisotopic (exact) mass is 603 g/mol. The molecule has 1 aliphatic rings. The Kier molecular flexibility index (Phi) is 6.57. The summed E-state index contributed by atoms with van der Waals surface area (Å²) in [6.07, 6.45) is 6.58. The fourth-order valence-electron chi connectivity index (χ4n) is 6.87. The van der Waals surface area contributed by atoms with Crippen molar-refractivity contribution in [2.75, 3.05) is 0 Å². The van der Waals surface area contributed by atoms with Crippen molar-refractivity contribution >= 4 is 28.0 Å². The first-order valence-electron chi connectivity index (χ1n) is 16.0. The van der Waals surface area contributed by atoms with Gasteiger partial charge in [0.1, 0.15) is 11.2 Å². The van der Waals surface area contributed by atoms with Crippen molar-refractivity contribution in [2.45, 2.75) is 12.8 Å². The van der Waals surface area contributed by atoms with Crippen LogP contribution < -0.4 is 0 Å². The van der Waals surface area contributed by atoms with Crippen LogP contribution in [0.2, 0.25) is 0 Å². The molecule has 0 unspecified atom stereocenters. The maximum Gasteiger partial charge on any atom is 0.165 e. The molecule has 0 N–H and O–H groups in total. The molecule has 0 saturated carbocycles. The Morgan fingerprint density at radius 3 is 1.74 bits per heavy atom. The lowest BCUT2D eigenvalue weighted by Crippen LogP contribution is -2.03. The van der Waals surface area contributed by atoms with Gasteiger partial charge in [-0.15, -0.1) is 0 Å². The zero-order valence-electron chi connectivity index (χ0n) is 25.6. The molecule has 0 spiro atoms. The summed E-state index contributed by atoms with van der Waals surface area (Å²) < 4.78 is 6.44. The molecular weight excluding hydrogens is 574 g/mol. The van der Waals surface area contributed by atoms with Gasteiger partial charge in [0.2, 0.25) is 0 Å². The Morgan fingerprint density at radius 2 is 1.04 bits per heavy atom. The van der Waals surface area contributed by atoms with E-state index < -0.39 is 0 Å². The molecule has 2 aromatic heterocycles. The number of aromatic nitrogens is 3. The summed E-state index contributed by atoms with van der Waals surface area (Å²) in [5.74, 6) is 1.88. The van der Waals surface area contributed by atoms with Crippen LogP contribution in [0.4, 0.5) is 0 Å². The van der Waals surface area contributed by atoms with Crippen LogP contribution in [0, 0.1) is 0 Å². The van der Waals surface area contributed by atoms with E-state index in [2.05, 4.69) is 78.9 Å². The Hall–Kier alpha value is -6.13. The molecule has 0 amide bonds. The second-order valence-electron chi connectivity index (χ2n) is 11.9. The minimum absolute atomic E-state index is 0.616. The molecule has 8 aromatic rings. The highest BCUT2D eigenvalue weighted by Crippen LogP contribution is 2.45. The summed E-state index contributed by atoms with van der Waals surface area (Å²) in [6, 6.07) is 48.0. The van der Waals surface area contributed by atoms with Crippen molar-refractivity contribution in [3.63, 3.8) is 0 Å². The highest BCUT2D eigenvalue weighted by molar-refractivity contribution is 6.15. The largest absolute Gasteiger partial charge is 0.456 e. The molecule has 0 aliphatic heterocycles. The highest BCUT2D eigenvalue weighted by Gasteiger charge is 2.24. The van der Waals surface area contributed by atoms with Gasteiger partial charge >= 0.3 is 0 Å². The van der Waals surface area contributed by atoms with Crippen molar-refractivity contribution in [3.05, 3.63) is 157 Å². The number of nitrogens with zero attached hydrogens (tertiary/aromatic N) is 3.